The van der Waals surface area contributed by atoms with Crippen molar-refractivity contribution in [3.8, 4) is 11.8 Å². The van der Waals surface area contributed by atoms with Crippen LogP contribution < -0.4 is 5.73 Å². The van der Waals surface area contributed by atoms with E-state index in [0.29, 0.717) is 34.0 Å². The van der Waals surface area contributed by atoms with Crippen molar-refractivity contribution < 1.29 is 4.79 Å². The molecule has 33 heavy (non-hydrogen) atoms. The first kappa shape index (κ1) is 21.0. The van der Waals surface area contributed by atoms with Gasteiger partial charge in [-0.25, -0.2) is 9.97 Å². The van der Waals surface area contributed by atoms with Crippen LogP contribution in [0, 0.1) is 11.8 Å². The lowest BCUT2D eigenvalue weighted by molar-refractivity contribution is -0.126. The Hall–Kier alpha value is -3.83. The number of likely N-dealkylation sites (tertiary alicyclic amines) is 1. The minimum absolute atomic E-state index is 0.00259. The Bertz CT molecular complexity index is 1490. The van der Waals surface area contributed by atoms with Gasteiger partial charge in [0.2, 0.25) is 5.91 Å². The normalized spacial score (nSPS) is 18.0. The van der Waals surface area contributed by atoms with Crippen LogP contribution in [0.15, 0.2) is 43.4 Å². The fourth-order valence-corrected chi connectivity index (χ4v) is 4.66. The van der Waals surface area contributed by atoms with E-state index in [2.05, 4.69) is 28.4 Å². The third-order valence-corrected chi connectivity index (χ3v) is 6.45. The summed E-state index contributed by atoms with van der Waals surface area (Å²) < 4.78 is 3.82. The zero-order valence-corrected chi connectivity index (χ0v) is 19.0. The lowest BCUT2D eigenvalue weighted by atomic mass is 10.1. The minimum atomic E-state index is -0.0813. The van der Waals surface area contributed by atoms with Gasteiger partial charge in [-0.3, -0.25) is 9.48 Å². The Labute approximate surface area is 195 Å². The monoisotopic (exact) mass is 459 g/mol. The summed E-state index contributed by atoms with van der Waals surface area (Å²) in [5.41, 5.74) is 9.98. The number of hydrogen-bond donors (Lipinski definition) is 1. The third-order valence-electron chi connectivity index (χ3n) is 6.14. The van der Waals surface area contributed by atoms with Crippen LogP contribution >= 0.6 is 11.6 Å². The molecule has 1 aliphatic heterocycles. The van der Waals surface area contributed by atoms with Gasteiger partial charge in [-0.05, 0) is 43.5 Å². The zero-order valence-electron chi connectivity index (χ0n) is 18.3. The number of fused-ring (bicyclic) bond motifs is 2. The average molecular weight is 460 g/mol. The van der Waals surface area contributed by atoms with E-state index in [-0.39, 0.29) is 18.0 Å². The molecular formula is C24H22ClN7O. The maximum Gasteiger partial charge on any atom is 0.246 e. The highest BCUT2D eigenvalue weighted by atomic mass is 35.5. The summed E-state index contributed by atoms with van der Waals surface area (Å²) in [5, 5.41) is 6.03. The molecule has 1 saturated heterocycles. The van der Waals surface area contributed by atoms with Crippen molar-refractivity contribution in [2.45, 2.75) is 25.4 Å². The van der Waals surface area contributed by atoms with Crippen LogP contribution in [-0.4, -0.2) is 47.7 Å². The van der Waals surface area contributed by atoms with Crippen molar-refractivity contribution in [3.05, 3.63) is 59.7 Å². The average Bonchev–Trinajstić information content (AvgIpc) is 3.47. The van der Waals surface area contributed by atoms with E-state index in [9.17, 15) is 4.79 Å². The molecule has 1 unspecified atom stereocenters. The number of pyridine rings is 1. The number of nitrogens with zero attached hydrogens (tertiary/aromatic N) is 6. The molecule has 0 bridgehead atoms. The van der Waals surface area contributed by atoms with Gasteiger partial charge in [0.25, 0.3) is 0 Å². The number of aryl methyl sites for hydroxylation is 1. The molecule has 1 aromatic carbocycles. The van der Waals surface area contributed by atoms with Crippen LogP contribution in [0.2, 0.25) is 5.02 Å². The summed E-state index contributed by atoms with van der Waals surface area (Å²) in [6.45, 7) is 6.18. The van der Waals surface area contributed by atoms with Crippen molar-refractivity contribution in [3.63, 3.8) is 0 Å². The van der Waals surface area contributed by atoms with E-state index < -0.39 is 0 Å². The maximum atomic E-state index is 12.2. The number of amides is 1. The van der Waals surface area contributed by atoms with E-state index in [4.69, 9.17) is 22.4 Å². The van der Waals surface area contributed by atoms with Crippen LogP contribution in [-0.2, 0) is 11.8 Å². The van der Waals surface area contributed by atoms with Crippen LogP contribution in [0.1, 0.15) is 30.6 Å². The molecule has 0 radical (unpaired) electrons. The van der Waals surface area contributed by atoms with Crippen molar-refractivity contribution >= 4 is 45.3 Å². The lowest BCUT2D eigenvalue weighted by Crippen LogP contribution is -2.32. The fourth-order valence-electron chi connectivity index (χ4n) is 4.45. The second kappa shape index (κ2) is 7.94. The summed E-state index contributed by atoms with van der Waals surface area (Å²) in [7, 11) is 1.92. The molecule has 8 nitrogen and oxygen atoms in total. The molecule has 3 aromatic heterocycles. The van der Waals surface area contributed by atoms with Gasteiger partial charge >= 0.3 is 0 Å². The number of halogens is 1. The van der Waals surface area contributed by atoms with Gasteiger partial charge in [0.1, 0.15) is 11.5 Å². The van der Waals surface area contributed by atoms with Gasteiger partial charge in [-0.1, -0.05) is 24.1 Å². The van der Waals surface area contributed by atoms with Crippen LogP contribution in [0.3, 0.4) is 0 Å². The highest BCUT2D eigenvalue weighted by Gasteiger charge is 2.34. The largest absolute Gasteiger partial charge is 0.383 e. The van der Waals surface area contributed by atoms with Crippen molar-refractivity contribution in [2.24, 2.45) is 7.05 Å². The van der Waals surface area contributed by atoms with Gasteiger partial charge in [0.05, 0.1) is 39.3 Å². The molecule has 0 aliphatic carbocycles. The third kappa shape index (κ3) is 3.51. The number of nitrogens with two attached hydrogens (primary N) is 1. The smallest absolute Gasteiger partial charge is 0.246 e. The highest BCUT2D eigenvalue weighted by Crippen LogP contribution is 2.32. The van der Waals surface area contributed by atoms with Crippen molar-refractivity contribution in [2.75, 3.05) is 12.3 Å². The first-order chi connectivity index (χ1) is 15.9. The van der Waals surface area contributed by atoms with E-state index >= 15 is 0 Å². The van der Waals surface area contributed by atoms with Crippen LogP contribution in [0.25, 0.3) is 21.9 Å². The molecular weight excluding hydrogens is 438 g/mol. The molecule has 0 spiro atoms. The molecule has 9 heteroatoms. The molecule has 1 aliphatic rings. The second-order valence-corrected chi connectivity index (χ2v) is 8.65. The number of imidazole rings is 1. The number of carbonyl (C=O) groups is 1. The Kier molecular flexibility index (Phi) is 5.06. The predicted molar refractivity (Wildman–Crippen MR) is 129 cm³/mol. The molecule has 166 valence electrons. The topological polar surface area (TPSA) is 94.9 Å². The summed E-state index contributed by atoms with van der Waals surface area (Å²) in [5.74, 6) is 6.55. The molecule has 4 heterocycles. The fraction of sp³-hybridized carbons (Fsp3) is 0.250. The quantitative estimate of drug-likeness (QED) is 0.366. The van der Waals surface area contributed by atoms with Crippen LogP contribution in [0.5, 0.6) is 0 Å². The summed E-state index contributed by atoms with van der Waals surface area (Å²) in [6, 6.07) is 5.67. The number of benzene rings is 1. The Balaban J connectivity index is 1.58. The van der Waals surface area contributed by atoms with Gasteiger partial charge in [-0.2, -0.15) is 5.10 Å². The van der Waals surface area contributed by atoms with E-state index in [1.807, 2.05) is 46.3 Å². The van der Waals surface area contributed by atoms with Gasteiger partial charge in [0, 0.05) is 31.4 Å². The summed E-state index contributed by atoms with van der Waals surface area (Å²) in [6.07, 6.45) is 5.52. The Morgan fingerprint density at radius 3 is 2.91 bits per heavy atom. The van der Waals surface area contributed by atoms with E-state index in [1.54, 1.807) is 12.5 Å². The molecule has 5 rings (SSSR count). The molecule has 1 fully saturated rings. The van der Waals surface area contributed by atoms with Gasteiger partial charge in [-0.15, -0.1) is 0 Å². The number of carbonyl (C=O) groups excluding carboxylic acids is 1. The SMILES string of the molecule is C=CC(=O)N1CC(n2nc(C#Cc3cc4ncn(C)c4cc3Cl)c3c(N)nccc32)C[C@@H]1C. The Morgan fingerprint density at radius 1 is 1.30 bits per heavy atom. The van der Waals surface area contributed by atoms with Gasteiger partial charge < -0.3 is 15.2 Å². The lowest BCUT2D eigenvalue weighted by Gasteiger charge is -2.19. The van der Waals surface area contributed by atoms with Crippen molar-refractivity contribution in [1.82, 2.24) is 29.2 Å². The molecule has 4 aromatic rings. The zero-order chi connectivity index (χ0) is 23.3. The molecule has 0 saturated carbocycles. The first-order valence-electron chi connectivity index (χ1n) is 10.6. The predicted octanol–water partition coefficient (Wildman–Crippen LogP) is 3.30. The Morgan fingerprint density at radius 2 is 2.12 bits per heavy atom. The number of aromatic nitrogens is 5. The highest BCUT2D eigenvalue weighted by molar-refractivity contribution is 6.32. The van der Waals surface area contributed by atoms with E-state index in [0.717, 1.165) is 23.0 Å². The summed E-state index contributed by atoms with van der Waals surface area (Å²) in [4.78, 5) is 22.6. The summed E-state index contributed by atoms with van der Waals surface area (Å²) >= 11 is 6.48. The number of rotatable bonds is 2. The maximum absolute atomic E-state index is 12.2. The van der Waals surface area contributed by atoms with Crippen molar-refractivity contribution in [1.29, 1.82) is 0 Å². The van der Waals surface area contributed by atoms with E-state index in [1.165, 1.54) is 6.08 Å². The number of nitrogen functional groups attached to an aromatic ring is 1. The first-order valence-corrected chi connectivity index (χ1v) is 10.9. The second-order valence-electron chi connectivity index (χ2n) is 8.24. The molecule has 1 amide bonds. The van der Waals surface area contributed by atoms with Crippen LogP contribution in [0.4, 0.5) is 5.82 Å². The van der Waals surface area contributed by atoms with Gasteiger partial charge in [0.15, 0.2) is 0 Å². The number of hydrogen-bond acceptors (Lipinski definition) is 5. The number of anilines is 1. The molecule has 2 N–H and O–H groups in total. The standard InChI is InChI=1S/C24H22ClN7O/c1-4-22(33)31-12-16(9-14(31)2)32-20-7-8-27-24(26)23(20)18(29-32)6-5-15-10-19-21(11-17(15)25)30(3)13-28-19/h4,7-8,10-11,13-14,16H,1,9,12H2,2-3H3,(H2,26,27)/t14-,16?/m0/s1. The minimum Gasteiger partial charge on any atom is -0.383 e. The molecule has 2 atom stereocenters.